The molecule has 5 rings (SSSR count). The van der Waals surface area contributed by atoms with Crippen molar-refractivity contribution in [2.75, 3.05) is 32.8 Å². The van der Waals surface area contributed by atoms with Crippen molar-refractivity contribution in [3.05, 3.63) is 65.7 Å². The van der Waals surface area contributed by atoms with E-state index in [1.807, 2.05) is 58.0 Å². The zero-order valence-corrected chi connectivity index (χ0v) is 31.9. The lowest BCUT2D eigenvalue weighted by molar-refractivity contribution is -0.140. The molecule has 0 aliphatic carbocycles. The zero-order chi connectivity index (χ0) is 38.3. The Hall–Kier alpha value is -3.60. The Morgan fingerprint density at radius 2 is 1.72 bits per heavy atom. The Morgan fingerprint density at radius 3 is 2.40 bits per heavy atom. The summed E-state index contributed by atoms with van der Waals surface area (Å²) in [6, 6.07) is 13.4. The molecule has 7 atom stereocenters. The van der Waals surface area contributed by atoms with Gasteiger partial charge in [0.1, 0.15) is 12.1 Å². The minimum absolute atomic E-state index is 0.0252. The van der Waals surface area contributed by atoms with Crippen molar-refractivity contribution < 1.29 is 42.1 Å². The van der Waals surface area contributed by atoms with Crippen LogP contribution in [0.1, 0.15) is 58.1 Å². The van der Waals surface area contributed by atoms with E-state index in [1.54, 1.807) is 17.0 Å². The fraction of sp³-hybridized carbons (Fsp3) is 0.605. The smallest absolute Gasteiger partial charge is 0.407 e. The number of rotatable bonds is 16. The maximum Gasteiger partial charge on any atom is 0.407 e. The van der Waals surface area contributed by atoms with Gasteiger partial charge in [-0.1, -0.05) is 70.2 Å². The van der Waals surface area contributed by atoms with Gasteiger partial charge >= 0.3 is 6.09 Å². The lowest BCUT2D eigenvalue weighted by atomic mass is 10.0. The third-order valence-electron chi connectivity index (χ3n) is 10.1. The number of aliphatic hydroxyl groups excluding tert-OH is 1. The van der Waals surface area contributed by atoms with Crippen LogP contribution in [-0.4, -0.2) is 110 Å². The minimum atomic E-state index is -4.09. The number of likely N-dealkylation sites (tertiary alicyclic amines) is 1. The van der Waals surface area contributed by atoms with Gasteiger partial charge < -0.3 is 40.6 Å². The molecule has 0 radical (unpaired) electrons. The van der Waals surface area contributed by atoms with E-state index in [4.69, 9.17) is 19.9 Å². The summed E-state index contributed by atoms with van der Waals surface area (Å²) in [6.45, 7) is 8.72. The standard InChI is InChI=1S/C38H55N5O9S/c1-24(2)21-42(22-32(44)30(19-26-9-6-5-7-10-26)41-38(47)52-33-23-51-37-29(33)16-18-50-37)53(48,49)28-14-12-27(13-15-28)20-40-35(45)31-11-8-17-43(31)36(46)34(39)25(3)4/h5-7,9-10,12-15,24-25,29-34,37,44H,8,11,16-23,39H2,1-4H3,(H,40,45)(H,41,47)/t29-,30-,31-,32+,33-,34-,37+/m0/s1. The second-order valence-electron chi connectivity index (χ2n) is 15.0. The van der Waals surface area contributed by atoms with Crippen LogP contribution in [0.25, 0.3) is 0 Å². The molecule has 0 unspecified atom stereocenters. The molecular weight excluding hydrogens is 703 g/mol. The second kappa shape index (κ2) is 18.2. The van der Waals surface area contributed by atoms with E-state index in [0.29, 0.717) is 38.0 Å². The first kappa shape index (κ1) is 40.6. The van der Waals surface area contributed by atoms with Crippen molar-refractivity contribution in [3.63, 3.8) is 0 Å². The number of nitrogens with two attached hydrogens (primary N) is 1. The number of nitrogens with zero attached hydrogens (tertiary/aromatic N) is 2. The van der Waals surface area contributed by atoms with E-state index in [9.17, 15) is 27.9 Å². The molecule has 3 saturated heterocycles. The van der Waals surface area contributed by atoms with Crippen molar-refractivity contribution in [1.29, 1.82) is 0 Å². The summed E-state index contributed by atoms with van der Waals surface area (Å²) >= 11 is 0. The van der Waals surface area contributed by atoms with Gasteiger partial charge in [0.15, 0.2) is 6.29 Å². The number of benzene rings is 2. The number of sulfonamides is 1. The molecular formula is C38H55N5O9S. The number of nitrogens with one attached hydrogen (secondary N) is 2. The first-order valence-electron chi connectivity index (χ1n) is 18.6. The number of hydrogen-bond acceptors (Lipinski definition) is 10. The average Bonchev–Trinajstić information content (AvgIpc) is 3.89. The van der Waals surface area contributed by atoms with Crippen LogP contribution in [0.5, 0.6) is 0 Å². The normalized spacial score (nSPS) is 23.2. The summed E-state index contributed by atoms with van der Waals surface area (Å²) in [6.07, 6.45) is -0.679. The molecule has 3 heterocycles. The average molecular weight is 758 g/mol. The van der Waals surface area contributed by atoms with E-state index in [0.717, 1.165) is 5.56 Å². The molecule has 0 saturated carbocycles. The van der Waals surface area contributed by atoms with Crippen LogP contribution in [0.15, 0.2) is 59.5 Å². The molecule has 2 aromatic carbocycles. The largest absolute Gasteiger partial charge is 0.443 e. The monoisotopic (exact) mass is 757 g/mol. The minimum Gasteiger partial charge on any atom is -0.443 e. The van der Waals surface area contributed by atoms with E-state index < -0.39 is 52.7 Å². The summed E-state index contributed by atoms with van der Waals surface area (Å²) < 4.78 is 46.2. The van der Waals surface area contributed by atoms with Gasteiger partial charge in [0.2, 0.25) is 21.8 Å². The third kappa shape index (κ3) is 10.3. The number of aliphatic hydroxyl groups is 1. The Balaban J connectivity index is 1.24. The van der Waals surface area contributed by atoms with Gasteiger partial charge in [0.05, 0.1) is 42.2 Å². The van der Waals surface area contributed by atoms with Crippen molar-refractivity contribution in [2.24, 2.45) is 23.5 Å². The van der Waals surface area contributed by atoms with Gasteiger partial charge in [0.25, 0.3) is 0 Å². The second-order valence-corrected chi connectivity index (χ2v) is 17.0. The van der Waals surface area contributed by atoms with Gasteiger partial charge in [-0.2, -0.15) is 4.31 Å². The van der Waals surface area contributed by atoms with Gasteiger partial charge in [0, 0.05) is 26.2 Å². The zero-order valence-electron chi connectivity index (χ0n) is 31.1. The molecule has 0 bridgehead atoms. The number of hydrogen-bond donors (Lipinski definition) is 4. The lowest BCUT2D eigenvalue weighted by Gasteiger charge is -2.31. The topological polar surface area (TPSA) is 190 Å². The Kier molecular flexibility index (Phi) is 13.9. The highest BCUT2D eigenvalue weighted by Crippen LogP contribution is 2.33. The fourth-order valence-electron chi connectivity index (χ4n) is 7.05. The van der Waals surface area contributed by atoms with Gasteiger partial charge in [-0.3, -0.25) is 9.59 Å². The molecule has 3 aliphatic heterocycles. The predicted molar refractivity (Wildman–Crippen MR) is 197 cm³/mol. The molecule has 2 aromatic rings. The van der Waals surface area contributed by atoms with Gasteiger partial charge in [-0.25, -0.2) is 13.2 Å². The van der Waals surface area contributed by atoms with Crippen molar-refractivity contribution in [1.82, 2.24) is 19.8 Å². The van der Waals surface area contributed by atoms with E-state index in [-0.39, 0.29) is 67.1 Å². The molecule has 292 valence electrons. The van der Waals surface area contributed by atoms with Crippen molar-refractivity contribution >= 4 is 27.9 Å². The highest BCUT2D eigenvalue weighted by Gasteiger charge is 2.44. The Labute approximate surface area is 312 Å². The molecule has 0 spiro atoms. The van der Waals surface area contributed by atoms with Crippen LogP contribution in [0, 0.1) is 17.8 Å². The van der Waals surface area contributed by atoms with Crippen LogP contribution >= 0.6 is 0 Å². The van der Waals surface area contributed by atoms with Crippen LogP contribution in [0.2, 0.25) is 0 Å². The first-order chi connectivity index (χ1) is 25.2. The summed E-state index contributed by atoms with van der Waals surface area (Å²) in [5.41, 5.74) is 7.60. The fourth-order valence-corrected chi connectivity index (χ4v) is 8.67. The van der Waals surface area contributed by atoms with Crippen LogP contribution in [0.4, 0.5) is 4.79 Å². The number of ether oxygens (including phenoxy) is 3. The number of amides is 3. The number of carbonyl (C=O) groups excluding carboxylic acids is 3. The SMILES string of the molecule is CC(C)CN(C[C@@H](O)[C@H](Cc1ccccc1)NC(=O)O[C@H]1CO[C@H]2OCC[C@H]21)S(=O)(=O)c1ccc(CNC(=O)[C@@H]2CCCN2C(=O)[C@@H](N)C(C)C)cc1. The van der Waals surface area contributed by atoms with Crippen molar-refractivity contribution in [3.8, 4) is 0 Å². The Morgan fingerprint density at radius 1 is 1.00 bits per heavy atom. The Bertz CT molecular complexity index is 1640. The summed E-state index contributed by atoms with van der Waals surface area (Å²) in [5.74, 6) is -0.697. The summed E-state index contributed by atoms with van der Waals surface area (Å²) in [4.78, 5) is 40.7. The summed E-state index contributed by atoms with van der Waals surface area (Å²) in [7, 11) is -4.09. The number of alkyl carbamates (subject to hydrolysis) is 1. The van der Waals surface area contributed by atoms with E-state index >= 15 is 0 Å². The van der Waals surface area contributed by atoms with Gasteiger partial charge in [-0.05, 0) is 60.8 Å². The highest BCUT2D eigenvalue weighted by atomic mass is 32.2. The van der Waals surface area contributed by atoms with Crippen LogP contribution in [0.3, 0.4) is 0 Å². The molecule has 5 N–H and O–H groups in total. The quantitative estimate of drug-likeness (QED) is 0.198. The molecule has 53 heavy (non-hydrogen) atoms. The molecule has 3 amide bonds. The van der Waals surface area contributed by atoms with Crippen molar-refractivity contribution in [2.45, 2.75) is 101 Å². The van der Waals surface area contributed by atoms with Crippen LogP contribution < -0.4 is 16.4 Å². The number of carbonyl (C=O) groups is 3. The summed E-state index contributed by atoms with van der Waals surface area (Å²) in [5, 5.41) is 17.3. The number of fused-ring (bicyclic) bond motifs is 1. The van der Waals surface area contributed by atoms with E-state index in [1.165, 1.54) is 16.4 Å². The maximum absolute atomic E-state index is 14.1. The molecule has 3 aliphatic rings. The maximum atomic E-state index is 14.1. The molecule has 15 heteroatoms. The molecule has 0 aromatic heterocycles. The molecule has 14 nitrogen and oxygen atoms in total. The lowest BCUT2D eigenvalue weighted by Crippen LogP contribution is -2.52. The first-order valence-corrected chi connectivity index (χ1v) is 20.0. The van der Waals surface area contributed by atoms with Gasteiger partial charge in [-0.15, -0.1) is 0 Å². The highest BCUT2D eigenvalue weighted by molar-refractivity contribution is 7.89. The van der Waals surface area contributed by atoms with Crippen LogP contribution in [-0.2, 0) is 46.8 Å². The third-order valence-corrected chi connectivity index (χ3v) is 12.0. The van der Waals surface area contributed by atoms with E-state index in [2.05, 4.69) is 10.6 Å². The predicted octanol–water partition coefficient (Wildman–Crippen LogP) is 2.38. The molecule has 3 fully saturated rings.